The van der Waals surface area contributed by atoms with Crippen LogP contribution in [-0.2, 0) is 17.8 Å². The maximum atomic E-state index is 12.6. The number of aliphatic hydroxyl groups excluding tert-OH is 1. The van der Waals surface area contributed by atoms with Crippen LogP contribution in [0.1, 0.15) is 47.8 Å². The summed E-state index contributed by atoms with van der Waals surface area (Å²) in [6.45, 7) is 3.27. The van der Waals surface area contributed by atoms with Crippen LogP contribution >= 0.6 is 0 Å². The molecule has 6 nitrogen and oxygen atoms in total. The Hall–Kier alpha value is -2.47. The third-order valence-electron chi connectivity index (χ3n) is 5.22. The Bertz CT molecular complexity index is 786. The number of piperidine rings is 1. The lowest BCUT2D eigenvalue weighted by Gasteiger charge is -2.32. The fourth-order valence-corrected chi connectivity index (χ4v) is 3.70. The molecule has 144 valence electrons. The second-order valence-electron chi connectivity index (χ2n) is 6.95. The van der Waals surface area contributed by atoms with Gasteiger partial charge in [0.05, 0.1) is 19.4 Å². The van der Waals surface area contributed by atoms with Crippen LogP contribution in [0.3, 0.4) is 0 Å². The van der Waals surface area contributed by atoms with Gasteiger partial charge in [-0.1, -0.05) is 18.2 Å². The molecule has 1 amide bonds. The fraction of sp³-hybridized carbons (Fsp3) is 0.476. The number of para-hydroxylation sites is 1. The molecule has 0 radical (unpaired) electrons. The first kappa shape index (κ1) is 19.3. The number of methoxy groups -OCH3 is 1. The van der Waals surface area contributed by atoms with Gasteiger partial charge in [-0.2, -0.15) is 0 Å². The second kappa shape index (κ2) is 8.95. The van der Waals surface area contributed by atoms with E-state index in [4.69, 9.17) is 4.74 Å². The summed E-state index contributed by atoms with van der Waals surface area (Å²) < 4.78 is 5.36. The van der Waals surface area contributed by atoms with Crippen LogP contribution in [0, 0.1) is 6.92 Å². The molecule has 1 N–H and O–H groups in total. The van der Waals surface area contributed by atoms with Gasteiger partial charge >= 0.3 is 0 Å². The first-order valence-corrected chi connectivity index (χ1v) is 9.45. The third kappa shape index (κ3) is 4.63. The number of aryl methyl sites for hydroxylation is 2. The molecular formula is C21H27N3O3. The third-order valence-corrected chi connectivity index (χ3v) is 5.22. The van der Waals surface area contributed by atoms with Crippen molar-refractivity contribution < 1.29 is 14.6 Å². The number of benzene rings is 1. The van der Waals surface area contributed by atoms with Crippen molar-refractivity contribution in [3.8, 4) is 5.75 Å². The van der Waals surface area contributed by atoms with Crippen LogP contribution in [0.4, 0.5) is 0 Å². The van der Waals surface area contributed by atoms with Gasteiger partial charge in [0.2, 0.25) is 5.91 Å². The summed E-state index contributed by atoms with van der Waals surface area (Å²) in [5.41, 5.74) is 2.79. The molecule has 1 aromatic carbocycles. The minimum atomic E-state index is -0.0479. The Labute approximate surface area is 160 Å². The van der Waals surface area contributed by atoms with Gasteiger partial charge in [0.25, 0.3) is 0 Å². The Morgan fingerprint density at radius 3 is 2.70 bits per heavy atom. The van der Waals surface area contributed by atoms with E-state index < -0.39 is 0 Å². The van der Waals surface area contributed by atoms with Gasteiger partial charge in [0.15, 0.2) is 0 Å². The molecule has 1 aromatic heterocycles. The number of rotatable bonds is 6. The number of amides is 1. The quantitative estimate of drug-likeness (QED) is 0.847. The van der Waals surface area contributed by atoms with Crippen LogP contribution in [0.2, 0.25) is 0 Å². The zero-order valence-corrected chi connectivity index (χ0v) is 16.0. The van der Waals surface area contributed by atoms with E-state index in [2.05, 4.69) is 9.97 Å². The predicted molar refractivity (Wildman–Crippen MR) is 103 cm³/mol. The molecule has 0 unspecified atom stereocenters. The van der Waals surface area contributed by atoms with E-state index in [1.54, 1.807) is 13.3 Å². The Morgan fingerprint density at radius 2 is 2.00 bits per heavy atom. The minimum Gasteiger partial charge on any atom is -0.496 e. The molecule has 3 rings (SSSR count). The number of nitrogens with zero attached hydrogens (tertiary/aromatic N) is 3. The number of ether oxygens (including phenoxy) is 1. The zero-order valence-electron chi connectivity index (χ0n) is 16.0. The minimum absolute atomic E-state index is 0.0479. The second-order valence-corrected chi connectivity index (χ2v) is 6.95. The first-order chi connectivity index (χ1) is 13.1. The summed E-state index contributed by atoms with van der Waals surface area (Å²) in [4.78, 5) is 23.3. The highest BCUT2D eigenvalue weighted by atomic mass is 16.5. The highest BCUT2D eigenvalue weighted by Gasteiger charge is 2.26. The lowest BCUT2D eigenvalue weighted by Crippen LogP contribution is -2.38. The van der Waals surface area contributed by atoms with E-state index in [-0.39, 0.29) is 18.4 Å². The van der Waals surface area contributed by atoms with Crippen molar-refractivity contribution in [2.75, 3.05) is 20.2 Å². The average molecular weight is 369 g/mol. The topological polar surface area (TPSA) is 75.5 Å². The van der Waals surface area contributed by atoms with Crippen molar-refractivity contribution in [2.24, 2.45) is 0 Å². The van der Waals surface area contributed by atoms with Crippen LogP contribution in [0.5, 0.6) is 5.75 Å². The lowest BCUT2D eigenvalue weighted by atomic mass is 9.90. The smallest absolute Gasteiger partial charge is 0.222 e. The average Bonchev–Trinajstić information content (AvgIpc) is 2.72. The summed E-state index contributed by atoms with van der Waals surface area (Å²) in [5.74, 6) is 2.00. The van der Waals surface area contributed by atoms with E-state index >= 15 is 0 Å². The molecule has 0 bridgehead atoms. The standard InChI is InChI=1S/C21H27N3O3/c1-15-22-13-18(14-25)21(23-15)17-9-11-24(12-10-17)20(26)8-7-16-5-3-4-6-19(16)27-2/h3-6,13,17,25H,7-12,14H2,1-2H3. The van der Waals surface area contributed by atoms with Crippen LogP contribution < -0.4 is 4.74 Å². The molecule has 2 aromatic rings. The summed E-state index contributed by atoms with van der Waals surface area (Å²) in [6.07, 6.45) is 4.61. The predicted octanol–water partition coefficient (Wildman–Crippen LogP) is 2.62. The number of hydrogen-bond donors (Lipinski definition) is 1. The summed E-state index contributed by atoms with van der Waals surface area (Å²) in [5, 5.41) is 9.55. The Balaban J connectivity index is 1.56. The molecular weight excluding hydrogens is 342 g/mol. The monoisotopic (exact) mass is 369 g/mol. The number of aromatic nitrogens is 2. The summed E-state index contributed by atoms with van der Waals surface area (Å²) >= 11 is 0. The van der Waals surface area contributed by atoms with Gasteiger partial charge in [-0.05, 0) is 37.8 Å². The van der Waals surface area contributed by atoms with Crippen molar-refractivity contribution in [1.82, 2.24) is 14.9 Å². The summed E-state index contributed by atoms with van der Waals surface area (Å²) in [7, 11) is 1.65. The number of hydrogen-bond acceptors (Lipinski definition) is 5. The number of carbonyl (C=O) groups is 1. The molecule has 27 heavy (non-hydrogen) atoms. The fourth-order valence-electron chi connectivity index (χ4n) is 3.70. The summed E-state index contributed by atoms with van der Waals surface area (Å²) in [6, 6.07) is 7.83. The Morgan fingerprint density at radius 1 is 1.26 bits per heavy atom. The van der Waals surface area contributed by atoms with Crippen molar-refractivity contribution in [2.45, 2.75) is 45.1 Å². The van der Waals surface area contributed by atoms with Gasteiger partial charge in [0, 0.05) is 37.2 Å². The SMILES string of the molecule is COc1ccccc1CCC(=O)N1CCC(c2nc(C)ncc2CO)CC1. The number of aliphatic hydroxyl groups is 1. The highest BCUT2D eigenvalue weighted by Crippen LogP contribution is 2.29. The van der Waals surface area contributed by atoms with Crippen LogP contribution in [0.15, 0.2) is 30.5 Å². The lowest BCUT2D eigenvalue weighted by molar-refractivity contribution is -0.132. The first-order valence-electron chi connectivity index (χ1n) is 9.45. The van der Waals surface area contributed by atoms with Gasteiger partial charge in [-0.25, -0.2) is 9.97 Å². The van der Waals surface area contributed by atoms with Crippen molar-refractivity contribution >= 4 is 5.91 Å². The van der Waals surface area contributed by atoms with Crippen LogP contribution in [-0.4, -0.2) is 46.1 Å². The van der Waals surface area contributed by atoms with Gasteiger partial charge in [-0.3, -0.25) is 4.79 Å². The molecule has 1 aliphatic heterocycles. The Kier molecular flexibility index (Phi) is 6.40. The number of likely N-dealkylation sites (tertiary alicyclic amines) is 1. The van der Waals surface area contributed by atoms with E-state index in [0.717, 1.165) is 54.3 Å². The molecule has 6 heteroatoms. The highest BCUT2D eigenvalue weighted by molar-refractivity contribution is 5.76. The number of carbonyl (C=O) groups excluding carboxylic acids is 1. The van der Waals surface area contributed by atoms with Gasteiger partial charge in [-0.15, -0.1) is 0 Å². The maximum absolute atomic E-state index is 12.6. The van der Waals surface area contributed by atoms with Gasteiger partial charge < -0.3 is 14.7 Å². The molecule has 0 saturated carbocycles. The molecule has 1 fully saturated rings. The van der Waals surface area contributed by atoms with Crippen molar-refractivity contribution in [3.05, 3.63) is 53.1 Å². The molecule has 0 spiro atoms. The van der Waals surface area contributed by atoms with Gasteiger partial charge in [0.1, 0.15) is 11.6 Å². The molecule has 1 saturated heterocycles. The van der Waals surface area contributed by atoms with E-state index in [1.165, 1.54) is 0 Å². The van der Waals surface area contributed by atoms with E-state index in [1.807, 2.05) is 36.1 Å². The molecule has 0 atom stereocenters. The van der Waals surface area contributed by atoms with E-state index in [9.17, 15) is 9.90 Å². The van der Waals surface area contributed by atoms with E-state index in [0.29, 0.717) is 12.8 Å². The van der Waals surface area contributed by atoms with Crippen molar-refractivity contribution in [3.63, 3.8) is 0 Å². The van der Waals surface area contributed by atoms with Crippen molar-refractivity contribution in [1.29, 1.82) is 0 Å². The molecule has 0 aliphatic carbocycles. The normalized spacial score (nSPS) is 15.0. The largest absolute Gasteiger partial charge is 0.496 e. The molecule has 2 heterocycles. The van der Waals surface area contributed by atoms with Crippen LogP contribution in [0.25, 0.3) is 0 Å². The molecule has 1 aliphatic rings. The maximum Gasteiger partial charge on any atom is 0.222 e. The zero-order chi connectivity index (χ0) is 19.2.